The number of thiophene rings is 1. The van der Waals surface area contributed by atoms with Crippen LogP contribution in [0.5, 0.6) is 0 Å². The molecule has 4 nitrogen and oxygen atoms in total. The summed E-state index contributed by atoms with van der Waals surface area (Å²) in [6.45, 7) is 3.43. The van der Waals surface area contributed by atoms with Crippen molar-refractivity contribution < 1.29 is 14.9 Å². The van der Waals surface area contributed by atoms with Crippen molar-refractivity contribution >= 4 is 28.7 Å². The molecular formula is C22H23N2O2S+. The van der Waals surface area contributed by atoms with Gasteiger partial charge in [-0.15, -0.1) is 11.3 Å². The molecule has 0 saturated heterocycles. The van der Waals surface area contributed by atoms with E-state index in [1.54, 1.807) is 35.6 Å². The highest BCUT2D eigenvalue weighted by Gasteiger charge is 2.25. The number of nitrogens with two attached hydrogens (primary N) is 1. The molecule has 1 heterocycles. The van der Waals surface area contributed by atoms with E-state index >= 15 is 0 Å². The summed E-state index contributed by atoms with van der Waals surface area (Å²) in [7, 11) is 0. The maximum absolute atomic E-state index is 12.7. The highest BCUT2D eigenvalue weighted by atomic mass is 32.1. The van der Waals surface area contributed by atoms with E-state index in [4.69, 9.17) is 0 Å². The second-order valence-electron chi connectivity index (χ2n) is 6.51. The molecule has 1 amide bonds. The summed E-state index contributed by atoms with van der Waals surface area (Å²) in [5.74, 6) is -0.0562. The lowest BCUT2D eigenvalue weighted by Gasteiger charge is -2.19. The Balaban J connectivity index is 1.70. The minimum Gasteiger partial charge on any atom is -0.326 e. The summed E-state index contributed by atoms with van der Waals surface area (Å²) in [5, 5.41) is 7.07. The average molecular weight is 380 g/mol. The van der Waals surface area contributed by atoms with Crippen molar-refractivity contribution in [2.75, 3.05) is 5.32 Å². The first-order valence-corrected chi connectivity index (χ1v) is 9.78. The van der Waals surface area contributed by atoms with Gasteiger partial charge in [0.25, 0.3) is 5.91 Å². The number of hydrogen-bond donors (Lipinski definition) is 2. The molecule has 138 valence electrons. The Morgan fingerprint density at radius 1 is 0.963 bits per heavy atom. The third-order valence-corrected chi connectivity index (χ3v) is 5.42. The number of quaternary nitrogens is 1. The summed E-state index contributed by atoms with van der Waals surface area (Å²) >= 11 is 1.69. The number of amides is 1. The fourth-order valence-electron chi connectivity index (χ4n) is 2.92. The number of anilines is 1. The first-order chi connectivity index (χ1) is 13.0. The van der Waals surface area contributed by atoms with Crippen molar-refractivity contribution in [3.63, 3.8) is 0 Å². The van der Waals surface area contributed by atoms with Gasteiger partial charge in [-0.25, -0.2) is 0 Å². The van der Waals surface area contributed by atoms with Gasteiger partial charge in [-0.2, -0.15) is 0 Å². The number of nitrogens with one attached hydrogen (secondary N) is 1. The Morgan fingerprint density at radius 3 is 2.26 bits per heavy atom. The first kappa shape index (κ1) is 19.0. The van der Waals surface area contributed by atoms with E-state index in [0.717, 1.165) is 0 Å². The van der Waals surface area contributed by atoms with Crippen LogP contribution in [0.2, 0.25) is 0 Å². The molecule has 0 spiro atoms. The highest BCUT2D eigenvalue weighted by Crippen LogP contribution is 2.22. The summed E-state index contributed by atoms with van der Waals surface area (Å²) in [6.07, 6.45) is 0. The molecule has 3 N–H and O–H groups in total. The molecule has 5 heteroatoms. The normalized spacial score (nSPS) is 13.0. The molecule has 0 bridgehead atoms. The number of carbonyl (C=O) groups is 2. The van der Waals surface area contributed by atoms with E-state index in [-0.39, 0.29) is 23.8 Å². The number of Topliss-reactive ketones (excluding diaryl/α,β-unsaturated/α-hetero) is 1. The van der Waals surface area contributed by atoms with Crippen LogP contribution < -0.4 is 10.6 Å². The fourth-order valence-corrected chi connectivity index (χ4v) is 3.75. The van der Waals surface area contributed by atoms with Crippen molar-refractivity contribution in [2.24, 2.45) is 0 Å². The SMILES string of the molecule is CC(=O)c1ccc(NC(=O)[C@@H](C)[NH2+][C@@H](c2ccccc2)c2cccs2)cc1. The zero-order chi connectivity index (χ0) is 19.2. The largest absolute Gasteiger partial charge is 0.326 e. The van der Waals surface area contributed by atoms with Gasteiger partial charge in [0.05, 0.1) is 4.88 Å². The molecule has 1 aromatic heterocycles. The molecule has 0 saturated carbocycles. The topological polar surface area (TPSA) is 62.8 Å². The summed E-state index contributed by atoms with van der Waals surface area (Å²) in [6, 6.07) is 21.1. The van der Waals surface area contributed by atoms with Gasteiger partial charge in [-0.3, -0.25) is 9.59 Å². The zero-order valence-electron chi connectivity index (χ0n) is 15.4. The first-order valence-electron chi connectivity index (χ1n) is 8.90. The predicted molar refractivity (Wildman–Crippen MR) is 109 cm³/mol. The van der Waals surface area contributed by atoms with Crippen molar-refractivity contribution in [3.05, 3.63) is 88.1 Å². The molecule has 0 aliphatic heterocycles. The second-order valence-corrected chi connectivity index (χ2v) is 7.49. The molecule has 2 aromatic carbocycles. The number of benzene rings is 2. The van der Waals surface area contributed by atoms with Gasteiger partial charge in [0.2, 0.25) is 0 Å². The maximum Gasteiger partial charge on any atom is 0.282 e. The fraction of sp³-hybridized carbons (Fsp3) is 0.182. The van der Waals surface area contributed by atoms with Gasteiger partial charge in [0, 0.05) is 16.8 Å². The molecule has 0 fully saturated rings. The number of ketones is 1. The van der Waals surface area contributed by atoms with Crippen LogP contribution in [0.4, 0.5) is 5.69 Å². The van der Waals surface area contributed by atoms with Crippen LogP contribution in [0.3, 0.4) is 0 Å². The average Bonchev–Trinajstić information content (AvgIpc) is 3.21. The van der Waals surface area contributed by atoms with Gasteiger partial charge < -0.3 is 10.6 Å². The minimum absolute atomic E-state index is 0.0104. The Bertz CT molecular complexity index is 890. The minimum atomic E-state index is -0.273. The summed E-state index contributed by atoms with van der Waals surface area (Å²) in [4.78, 5) is 25.2. The third-order valence-electron chi connectivity index (χ3n) is 4.46. The highest BCUT2D eigenvalue weighted by molar-refractivity contribution is 7.10. The number of carbonyl (C=O) groups excluding carboxylic acids is 2. The Labute approximate surface area is 163 Å². The predicted octanol–water partition coefficient (Wildman–Crippen LogP) is 3.63. The van der Waals surface area contributed by atoms with Gasteiger partial charge in [-0.1, -0.05) is 36.4 Å². The van der Waals surface area contributed by atoms with E-state index in [1.807, 2.05) is 31.2 Å². The van der Waals surface area contributed by atoms with Crippen LogP contribution in [0.25, 0.3) is 0 Å². The summed E-state index contributed by atoms with van der Waals surface area (Å²) in [5.41, 5.74) is 2.50. The summed E-state index contributed by atoms with van der Waals surface area (Å²) < 4.78 is 0. The molecular weight excluding hydrogens is 356 g/mol. The van der Waals surface area contributed by atoms with Crippen LogP contribution >= 0.6 is 11.3 Å². The molecule has 0 aliphatic carbocycles. The van der Waals surface area contributed by atoms with E-state index in [0.29, 0.717) is 11.3 Å². The van der Waals surface area contributed by atoms with Gasteiger partial charge in [0.15, 0.2) is 11.8 Å². The molecule has 0 aliphatic rings. The Morgan fingerprint density at radius 2 is 1.67 bits per heavy atom. The molecule has 27 heavy (non-hydrogen) atoms. The number of rotatable bonds is 7. The molecule has 0 unspecified atom stereocenters. The Hall–Kier alpha value is -2.76. The zero-order valence-corrected chi connectivity index (χ0v) is 16.2. The van der Waals surface area contributed by atoms with E-state index in [2.05, 4.69) is 34.2 Å². The van der Waals surface area contributed by atoms with E-state index in [1.165, 1.54) is 17.4 Å². The quantitative estimate of drug-likeness (QED) is 0.616. The van der Waals surface area contributed by atoms with Gasteiger partial charge in [0.1, 0.15) is 6.04 Å². The molecule has 3 aromatic rings. The van der Waals surface area contributed by atoms with Gasteiger partial charge in [-0.05, 0) is 49.6 Å². The molecule has 3 rings (SSSR count). The maximum atomic E-state index is 12.7. The van der Waals surface area contributed by atoms with E-state index < -0.39 is 0 Å². The van der Waals surface area contributed by atoms with Crippen LogP contribution in [0.1, 0.15) is 40.7 Å². The number of hydrogen-bond acceptors (Lipinski definition) is 3. The van der Waals surface area contributed by atoms with Gasteiger partial charge >= 0.3 is 0 Å². The van der Waals surface area contributed by atoms with Crippen LogP contribution in [-0.4, -0.2) is 17.7 Å². The van der Waals surface area contributed by atoms with Crippen molar-refractivity contribution in [1.82, 2.24) is 0 Å². The molecule has 2 atom stereocenters. The van der Waals surface area contributed by atoms with Crippen LogP contribution in [0, 0.1) is 0 Å². The lowest BCUT2D eigenvalue weighted by atomic mass is 10.0. The van der Waals surface area contributed by atoms with Crippen molar-refractivity contribution in [2.45, 2.75) is 25.9 Å². The Kier molecular flexibility index (Phi) is 6.16. The third kappa shape index (κ3) is 4.90. The van der Waals surface area contributed by atoms with E-state index in [9.17, 15) is 9.59 Å². The monoisotopic (exact) mass is 379 g/mol. The molecule has 0 radical (unpaired) electrons. The van der Waals surface area contributed by atoms with Crippen molar-refractivity contribution in [1.29, 1.82) is 0 Å². The van der Waals surface area contributed by atoms with Crippen molar-refractivity contribution in [3.8, 4) is 0 Å². The second kappa shape index (κ2) is 8.75. The van der Waals surface area contributed by atoms with Crippen LogP contribution in [-0.2, 0) is 4.79 Å². The lowest BCUT2D eigenvalue weighted by Crippen LogP contribution is -2.92. The lowest BCUT2D eigenvalue weighted by molar-refractivity contribution is -0.703. The van der Waals surface area contributed by atoms with Crippen LogP contribution in [0.15, 0.2) is 72.1 Å². The standard InChI is InChI=1S/C22H22N2O2S/c1-15(22(26)24-19-12-10-17(11-13-19)16(2)25)23-21(20-9-6-14-27-20)18-7-4-3-5-8-18/h3-15,21,23H,1-2H3,(H,24,26)/p+1/t15-,21+/m1/s1. The smallest absolute Gasteiger partial charge is 0.282 e.